The number of nitrogens with zero attached hydrogens (tertiary/aromatic N) is 2. The number of aliphatic hydroxyl groups is 1. The summed E-state index contributed by atoms with van der Waals surface area (Å²) in [6, 6.07) is 0.00165. The van der Waals surface area contributed by atoms with Crippen LogP contribution in [0.5, 0.6) is 0 Å². The summed E-state index contributed by atoms with van der Waals surface area (Å²) in [7, 11) is 0. The van der Waals surface area contributed by atoms with Crippen molar-refractivity contribution in [1.29, 1.82) is 0 Å². The first-order valence-electron chi connectivity index (χ1n) is 9.02. The third-order valence-corrected chi connectivity index (χ3v) is 5.18. The van der Waals surface area contributed by atoms with E-state index < -0.39 is 6.10 Å². The second kappa shape index (κ2) is 8.85. The van der Waals surface area contributed by atoms with Crippen LogP contribution in [0.15, 0.2) is 0 Å². The van der Waals surface area contributed by atoms with Gasteiger partial charge in [0, 0.05) is 13.1 Å². The summed E-state index contributed by atoms with van der Waals surface area (Å²) in [5.74, 6) is 0.896. The van der Waals surface area contributed by atoms with Crippen molar-refractivity contribution >= 4 is 5.91 Å². The Morgan fingerprint density at radius 1 is 1.23 bits per heavy atom. The number of hydrogen-bond acceptors (Lipinski definition) is 4. The molecule has 0 aromatic rings. The van der Waals surface area contributed by atoms with E-state index in [-0.39, 0.29) is 11.9 Å². The highest BCUT2D eigenvalue weighted by molar-refractivity contribution is 5.81. The van der Waals surface area contributed by atoms with E-state index in [0.717, 1.165) is 44.9 Å². The molecule has 0 radical (unpaired) electrons. The summed E-state index contributed by atoms with van der Waals surface area (Å²) in [4.78, 5) is 16.9. The lowest BCUT2D eigenvalue weighted by Crippen LogP contribution is -2.51. The molecule has 0 spiro atoms. The number of piperidine rings is 2. The molecule has 0 aliphatic carbocycles. The van der Waals surface area contributed by atoms with Crippen molar-refractivity contribution in [2.75, 3.05) is 39.3 Å². The average Bonchev–Trinajstić information content (AvgIpc) is 2.54. The molecule has 5 heteroatoms. The molecule has 2 aliphatic rings. The molecule has 2 heterocycles. The van der Waals surface area contributed by atoms with E-state index >= 15 is 0 Å². The molecule has 2 aliphatic heterocycles. The lowest BCUT2D eigenvalue weighted by atomic mass is 9.99. The Morgan fingerprint density at radius 2 is 1.95 bits per heavy atom. The molecule has 2 saturated heterocycles. The Labute approximate surface area is 135 Å². The summed E-state index contributed by atoms with van der Waals surface area (Å²) in [6.07, 6.45) is 5.23. The van der Waals surface area contributed by atoms with Crippen LogP contribution >= 0.6 is 0 Å². The molecule has 2 N–H and O–H groups in total. The lowest BCUT2D eigenvalue weighted by molar-refractivity contribution is -0.128. The van der Waals surface area contributed by atoms with E-state index in [1.807, 2.05) is 0 Å². The molecule has 0 unspecified atom stereocenters. The number of amides is 1. The van der Waals surface area contributed by atoms with Gasteiger partial charge in [0.2, 0.25) is 5.91 Å². The molecule has 2 atom stereocenters. The summed E-state index contributed by atoms with van der Waals surface area (Å²) in [5, 5.41) is 13.1. The predicted octanol–water partition coefficient (Wildman–Crippen LogP) is 1.07. The standard InChI is InChI=1S/C17H33N3O2/c1-3-20-9-5-4-6-16(20)17(22)18-12-15(21)13-19-10-7-14(2)8-11-19/h14-16,21H,3-13H2,1-2H3,(H,18,22)/t15-,16+/m0/s1. The van der Waals surface area contributed by atoms with Gasteiger partial charge in [-0.25, -0.2) is 0 Å². The average molecular weight is 311 g/mol. The van der Waals surface area contributed by atoms with Gasteiger partial charge in [-0.05, 0) is 57.8 Å². The van der Waals surface area contributed by atoms with Crippen molar-refractivity contribution in [3.63, 3.8) is 0 Å². The van der Waals surface area contributed by atoms with Crippen LogP contribution < -0.4 is 5.32 Å². The van der Waals surface area contributed by atoms with E-state index in [0.29, 0.717) is 13.1 Å². The topological polar surface area (TPSA) is 55.8 Å². The largest absolute Gasteiger partial charge is 0.390 e. The first-order valence-corrected chi connectivity index (χ1v) is 9.02. The second-order valence-electron chi connectivity index (χ2n) is 7.02. The highest BCUT2D eigenvalue weighted by Gasteiger charge is 2.27. The van der Waals surface area contributed by atoms with Gasteiger partial charge in [0.05, 0.1) is 12.1 Å². The Morgan fingerprint density at radius 3 is 2.64 bits per heavy atom. The third-order valence-electron chi connectivity index (χ3n) is 5.18. The first kappa shape index (κ1) is 17.7. The van der Waals surface area contributed by atoms with E-state index in [4.69, 9.17) is 0 Å². The minimum absolute atomic E-state index is 0.00165. The molecule has 2 fully saturated rings. The second-order valence-corrected chi connectivity index (χ2v) is 7.02. The van der Waals surface area contributed by atoms with Gasteiger partial charge in [0.1, 0.15) is 0 Å². The molecule has 128 valence electrons. The van der Waals surface area contributed by atoms with Gasteiger partial charge < -0.3 is 15.3 Å². The molecular weight excluding hydrogens is 278 g/mol. The quantitative estimate of drug-likeness (QED) is 0.770. The van der Waals surface area contributed by atoms with E-state index in [9.17, 15) is 9.90 Å². The molecular formula is C17H33N3O2. The zero-order valence-electron chi connectivity index (χ0n) is 14.3. The fourth-order valence-corrected chi connectivity index (χ4v) is 3.61. The molecule has 22 heavy (non-hydrogen) atoms. The monoisotopic (exact) mass is 311 g/mol. The third kappa shape index (κ3) is 5.21. The first-order chi connectivity index (χ1) is 10.6. The highest BCUT2D eigenvalue weighted by atomic mass is 16.3. The number of rotatable bonds is 6. The van der Waals surface area contributed by atoms with Gasteiger partial charge in [0.25, 0.3) is 0 Å². The molecule has 2 rings (SSSR count). The molecule has 0 bridgehead atoms. The van der Waals surface area contributed by atoms with E-state index in [1.165, 1.54) is 19.3 Å². The summed E-state index contributed by atoms with van der Waals surface area (Å²) >= 11 is 0. The molecule has 1 amide bonds. The van der Waals surface area contributed by atoms with Crippen LogP contribution in [-0.2, 0) is 4.79 Å². The van der Waals surface area contributed by atoms with Gasteiger partial charge in [-0.15, -0.1) is 0 Å². The zero-order valence-corrected chi connectivity index (χ0v) is 14.3. The van der Waals surface area contributed by atoms with Gasteiger partial charge >= 0.3 is 0 Å². The van der Waals surface area contributed by atoms with Crippen molar-refractivity contribution in [2.45, 2.75) is 58.1 Å². The van der Waals surface area contributed by atoms with Crippen molar-refractivity contribution in [3.8, 4) is 0 Å². The fourth-order valence-electron chi connectivity index (χ4n) is 3.61. The maximum absolute atomic E-state index is 12.3. The number of carbonyl (C=O) groups excluding carboxylic acids is 1. The number of likely N-dealkylation sites (N-methyl/N-ethyl adjacent to an activating group) is 1. The van der Waals surface area contributed by atoms with Crippen LogP contribution in [0.4, 0.5) is 0 Å². The van der Waals surface area contributed by atoms with Crippen molar-refractivity contribution in [2.24, 2.45) is 5.92 Å². The highest BCUT2D eigenvalue weighted by Crippen LogP contribution is 2.17. The van der Waals surface area contributed by atoms with E-state index in [2.05, 4.69) is 29.0 Å². The van der Waals surface area contributed by atoms with Gasteiger partial charge in [-0.1, -0.05) is 20.3 Å². The Hall–Kier alpha value is -0.650. The van der Waals surface area contributed by atoms with Crippen LogP contribution in [0, 0.1) is 5.92 Å². The smallest absolute Gasteiger partial charge is 0.237 e. The van der Waals surface area contributed by atoms with E-state index in [1.54, 1.807) is 0 Å². The minimum atomic E-state index is -0.462. The zero-order chi connectivity index (χ0) is 15.9. The van der Waals surface area contributed by atoms with Crippen LogP contribution in [0.25, 0.3) is 0 Å². The van der Waals surface area contributed by atoms with Crippen LogP contribution in [0.3, 0.4) is 0 Å². The fraction of sp³-hybridized carbons (Fsp3) is 0.941. The summed E-state index contributed by atoms with van der Waals surface area (Å²) in [5.41, 5.74) is 0. The number of nitrogens with one attached hydrogen (secondary N) is 1. The summed E-state index contributed by atoms with van der Waals surface area (Å²) < 4.78 is 0. The van der Waals surface area contributed by atoms with Crippen molar-refractivity contribution < 1.29 is 9.90 Å². The van der Waals surface area contributed by atoms with Crippen LogP contribution in [-0.4, -0.2) is 72.2 Å². The lowest BCUT2D eigenvalue weighted by Gasteiger charge is -2.34. The Bertz CT molecular complexity index is 343. The number of carbonyl (C=O) groups is 1. The number of aliphatic hydroxyl groups excluding tert-OH is 1. The number of hydrogen-bond donors (Lipinski definition) is 2. The summed E-state index contributed by atoms with van der Waals surface area (Å²) in [6.45, 7) is 9.52. The Balaban J connectivity index is 1.68. The normalized spacial score (nSPS) is 26.8. The number of β-amino-alcohol motifs (C(OH)–C–C–N with tert-alkyl or cyclic N) is 1. The maximum atomic E-state index is 12.3. The number of likely N-dealkylation sites (tertiary alicyclic amines) is 2. The molecule has 0 saturated carbocycles. The van der Waals surface area contributed by atoms with Gasteiger partial charge in [0.15, 0.2) is 0 Å². The molecule has 5 nitrogen and oxygen atoms in total. The predicted molar refractivity (Wildman–Crippen MR) is 88.7 cm³/mol. The van der Waals surface area contributed by atoms with Crippen LogP contribution in [0.1, 0.15) is 46.0 Å². The molecule has 0 aromatic carbocycles. The van der Waals surface area contributed by atoms with Crippen LogP contribution in [0.2, 0.25) is 0 Å². The minimum Gasteiger partial charge on any atom is -0.390 e. The molecule has 0 aromatic heterocycles. The van der Waals surface area contributed by atoms with Crippen molar-refractivity contribution in [1.82, 2.24) is 15.1 Å². The maximum Gasteiger partial charge on any atom is 0.237 e. The van der Waals surface area contributed by atoms with Gasteiger partial charge in [-0.3, -0.25) is 9.69 Å². The van der Waals surface area contributed by atoms with Gasteiger partial charge in [-0.2, -0.15) is 0 Å². The SMILES string of the molecule is CCN1CCCC[C@@H]1C(=O)NC[C@H](O)CN1CCC(C)CC1. The Kier molecular flexibility index (Phi) is 7.12. The van der Waals surface area contributed by atoms with Crippen molar-refractivity contribution in [3.05, 3.63) is 0 Å².